The van der Waals surface area contributed by atoms with Gasteiger partial charge in [-0.05, 0) is 62.2 Å². The fourth-order valence-electron chi connectivity index (χ4n) is 5.06. The molecule has 1 aliphatic carbocycles. The molecule has 1 aliphatic heterocycles. The summed E-state index contributed by atoms with van der Waals surface area (Å²) >= 11 is 0. The first-order chi connectivity index (χ1) is 19.0. The average Bonchev–Trinajstić information content (AvgIpc) is 3.47. The second kappa shape index (κ2) is 12.5. The molecular weight excluding hydrogens is 552 g/mol. The summed E-state index contributed by atoms with van der Waals surface area (Å²) in [6.07, 6.45) is 3.77. The van der Waals surface area contributed by atoms with Crippen LogP contribution in [0.4, 0.5) is 0 Å². The smallest absolute Gasteiger partial charge is 0.247 e. The Kier molecular flexibility index (Phi) is 9.47. The van der Waals surface area contributed by atoms with E-state index in [1.807, 2.05) is 6.92 Å². The van der Waals surface area contributed by atoms with Gasteiger partial charge in [0.2, 0.25) is 20.0 Å². The Balaban J connectivity index is 1.70. The van der Waals surface area contributed by atoms with Crippen LogP contribution in [-0.2, 0) is 20.0 Å². The number of ether oxygens (including phenoxy) is 2. The second-order valence-corrected chi connectivity index (χ2v) is 14.5. The fraction of sp³-hybridized carbons (Fsp3) is 0.517. The van der Waals surface area contributed by atoms with Crippen LogP contribution in [0.25, 0.3) is 0 Å². The molecule has 0 aromatic heterocycles. The maximum absolute atomic E-state index is 13.7. The van der Waals surface area contributed by atoms with Gasteiger partial charge in [-0.25, -0.2) is 16.8 Å². The van der Waals surface area contributed by atoms with Crippen LogP contribution in [0.1, 0.15) is 45.1 Å². The van der Waals surface area contributed by atoms with Gasteiger partial charge in [0.25, 0.3) is 0 Å². The van der Waals surface area contributed by atoms with Gasteiger partial charge in [-0.3, -0.25) is 0 Å². The molecule has 9 nitrogen and oxygen atoms in total. The lowest BCUT2D eigenvalue weighted by molar-refractivity contribution is 0.0904. The van der Waals surface area contributed by atoms with Crippen molar-refractivity contribution in [2.45, 2.75) is 61.5 Å². The number of hydrogen-bond acceptors (Lipinski definition) is 7. The summed E-state index contributed by atoms with van der Waals surface area (Å²) in [4.78, 5) is 0.0778. The highest BCUT2D eigenvalue weighted by Crippen LogP contribution is 2.35. The molecular formula is C29H38N2O7S2. The summed E-state index contributed by atoms with van der Waals surface area (Å²) in [6, 6.07) is 10.2. The molecule has 0 amide bonds. The number of hydrogen-bond donors (Lipinski definition) is 1. The molecule has 1 fully saturated rings. The predicted octanol–water partition coefficient (Wildman–Crippen LogP) is 3.33. The quantitative estimate of drug-likeness (QED) is 0.492. The Hall–Kier alpha value is -2.62. The Bertz CT molecular complexity index is 1460. The highest BCUT2D eigenvalue weighted by atomic mass is 32.2. The first-order valence-corrected chi connectivity index (χ1v) is 16.4. The summed E-state index contributed by atoms with van der Waals surface area (Å²) in [5.41, 5.74) is 0.633. The van der Waals surface area contributed by atoms with Crippen LogP contribution in [0.3, 0.4) is 0 Å². The van der Waals surface area contributed by atoms with E-state index in [9.17, 15) is 21.9 Å². The third-order valence-corrected chi connectivity index (χ3v) is 11.5. The van der Waals surface area contributed by atoms with E-state index in [0.29, 0.717) is 17.2 Å². The van der Waals surface area contributed by atoms with E-state index in [1.165, 1.54) is 41.0 Å². The summed E-state index contributed by atoms with van der Waals surface area (Å²) in [5.74, 6) is 7.06. The summed E-state index contributed by atoms with van der Waals surface area (Å²) in [5, 5.41) is 9.86. The van der Waals surface area contributed by atoms with Gasteiger partial charge >= 0.3 is 0 Å². The maximum Gasteiger partial charge on any atom is 0.247 e. The largest absolute Gasteiger partial charge is 0.497 e. The minimum atomic E-state index is -4.01. The maximum atomic E-state index is 13.7. The van der Waals surface area contributed by atoms with Crippen LogP contribution >= 0.6 is 0 Å². The van der Waals surface area contributed by atoms with E-state index in [1.54, 1.807) is 31.2 Å². The lowest BCUT2D eigenvalue weighted by atomic mass is 10.0. The zero-order chi connectivity index (χ0) is 29.1. The third kappa shape index (κ3) is 6.47. The standard InChI is InChI=1S/C29H38N2O7S2/c1-21-18-31(22(2)20-32)40(35,36)29-16-11-24(10-9-23-7-5-6-8-23)17-27(29)38-28(21)19-30(3)39(33,34)26-14-12-25(37-4)13-15-26/h11-17,21-23,28,32H,5-8,18-20H2,1-4H3/t21-,22+,28-/m1/s1. The number of benzene rings is 2. The average molecular weight is 591 g/mol. The Labute approximate surface area is 238 Å². The van der Waals surface area contributed by atoms with E-state index < -0.39 is 38.1 Å². The van der Waals surface area contributed by atoms with Crippen LogP contribution in [-0.4, -0.2) is 76.6 Å². The number of aliphatic hydroxyl groups excluding tert-OH is 1. The van der Waals surface area contributed by atoms with Gasteiger partial charge in [0.1, 0.15) is 22.5 Å². The highest BCUT2D eigenvalue weighted by molar-refractivity contribution is 7.89. The molecule has 1 heterocycles. The minimum absolute atomic E-state index is 0.0195. The molecule has 1 N–H and O–H groups in total. The van der Waals surface area contributed by atoms with Crippen LogP contribution in [0.15, 0.2) is 52.3 Å². The first kappa shape index (κ1) is 30.3. The molecule has 0 spiro atoms. The number of sulfonamides is 2. The molecule has 40 heavy (non-hydrogen) atoms. The molecule has 1 saturated carbocycles. The number of likely N-dealkylation sites (N-methyl/N-ethyl adjacent to an activating group) is 1. The molecule has 11 heteroatoms. The van der Waals surface area contributed by atoms with Gasteiger partial charge in [0, 0.05) is 37.0 Å². The summed E-state index contributed by atoms with van der Waals surface area (Å²) in [6.45, 7) is 3.13. The summed E-state index contributed by atoms with van der Waals surface area (Å²) in [7, 11) is -4.89. The van der Waals surface area contributed by atoms with Crippen molar-refractivity contribution in [3.63, 3.8) is 0 Å². The van der Waals surface area contributed by atoms with Gasteiger partial charge in [-0.2, -0.15) is 8.61 Å². The van der Waals surface area contributed by atoms with E-state index >= 15 is 0 Å². The molecule has 0 unspecified atom stereocenters. The molecule has 2 aromatic rings. The van der Waals surface area contributed by atoms with Gasteiger partial charge in [0.15, 0.2) is 0 Å². The van der Waals surface area contributed by atoms with Crippen molar-refractivity contribution in [2.24, 2.45) is 11.8 Å². The third-order valence-electron chi connectivity index (χ3n) is 7.65. The zero-order valence-corrected chi connectivity index (χ0v) is 25.0. The number of rotatable bonds is 7. The van der Waals surface area contributed by atoms with E-state index in [2.05, 4.69) is 11.8 Å². The van der Waals surface area contributed by atoms with Crippen molar-refractivity contribution in [1.29, 1.82) is 0 Å². The first-order valence-electron chi connectivity index (χ1n) is 13.5. The van der Waals surface area contributed by atoms with Gasteiger partial charge < -0.3 is 14.6 Å². The van der Waals surface area contributed by atoms with Crippen molar-refractivity contribution in [2.75, 3.05) is 33.9 Å². The van der Waals surface area contributed by atoms with E-state index in [4.69, 9.17) is 9.47 Å². The number of aliphatic hydroxyl groups is 1. The van der Waals surface area contributed by atoms with Crippen LogP contribution in [0.2, 0.25) is 0 Å². The highest BCUT2D eigenvalue weighted by Gasteiger charge is 2.39. The number of nitrogens with zero attached hydrogens (tertiary/aromatic N) is 2. The predicted molar refractivity (Wildman–Crippen MR) is 152 cm³/mol. The number of fused-ring (bicyclic) bond motifs is 1. The van der Waals surface area contributed by atoms with Gasteiger partial charge in [0.05, 0.1) is 25.2 Å². The van der Waals surface area contributed by atoms with Crippen molar-refractivity contribution >= 4 is 20.0 Å². The fourth-order valence-corrected chi connectivity index (χ4v) is 8.06. The molecule has 2 aromatic carbocycles. The van der Waals surface area contributed by atoms with Crippen LogP contribution < -0.4 is 9.47 Å². The van der Waals surface area contributed by atoms with Gasteiger partial charge in [-0.1, -0.05) is 31.6 Å². The monoisotopic (exact) mass is 590 g/mol. The van der Waals surface area contributed by atoms with Crippen molar-refractivity contribution in [3.8, 4) is 23.3 Å². The normalized spacial score (nSPS) is 22.4. The van der Waals surface area contributed by atoms with E-state index in [0.717, 1.165) is 25.7 Å². The molecule has 0 bridgehead atoms. The van der Waals surface area contributed by atoms with Crippen LogP contribution in [0, 0.1) is 23.7 Å². The van der Waals surface area contributed by atoms with E-state index in [-0.39, 0.29) is 35.2 Å². The van der Waals surface area contributed by atoms with Crippen LogP contribution in [0.5, 0.6) is 11.5 Å². The lowest BCUT2D eigenvalue weighted by Gasteiger charge is -2.37. The lowest BCUT2D eigenvalue weighted by Crippen LogP contribution is -2.50. The molecule has 218 valence electrons. The van der Waals surface area contributed by atoms with Gasteiger partial charge in [-0.15, -0.1) is 0 Å². The molecule has 2 aliphatic rings. The molecule has 4 rings (SSSR count). The van der Waals surface area contributed by atoms with Crippen molar-refractivity contribution < 1.29 is 31.4 Å². The topological polar surface area (TPSA) is 113 Å². The second-order valence-electron chi connectivity index (χ2n) is 10.6. The number of methoxy groups -OCH3 is 1. The SMILES string of the molecule is COc1ccc(S(=O)(=O)N(C)C[C@H]2Oc3cc(C#CC4CCCC4)ccc3S(=O)(=O)N([C@@H](C)CO)C[C@H]2C)cc1. The molecule has 3 atom stereocenters. The molecule has 0 radical (unpaired) electrons. The van der Waals surface area contributed by atoms with Crippen molar-refractivity contribution in [1.82, 2.24) is 8.61 Å². The minimum Gasteiger partial charge on any atom is -0.497 e. The van der Waals surface area contributed by atoms with Crippen molar-refractivity contribution in [3.05, 3.63) is 48.0 Å². The molecule has 0 saturated heterocycles. The Morgan fingerprint density at radius 1 is 1.18 bits per heavy atom. The Morgan fingerprint density at radius 2 is 1.85 bits per heavy atom. The zero-order valence-electron chi connectivity index (χ0n) is 23.4. The summed E-state index contributed by atoms with van der Waals surface area (Å²) < 4.78 is 68.1. The Morgan fingerprint density at radius 3 is 2.48 bits per heavy atom.